The maximum atomic E-state index is 12.1. The number of hydrogen-bond donors (Lipinski definition) is 0. The van der Waals surface area contributed by atoms with E-state index in [1.54, 1.807) is 18.2 Å². The minimum absolute atomic E-state index is 0.0194. The Morgan fingerprint density at radius 2 is 2.05 bits per heavy atom. The highest BCUT2D eigenvalue weighted by molar-refractivity contribution is 6.29. The molecule has 7 heteroatoms. The summed E-state index contributed by atoms with van der Waals surface area (Å²) in [6, 6.07) is 7.55. The molecule has 21 heavy (non-hydrogen) atoms. The third-order valence-electron chi connectivity index (χ3n) is 3.04. The molecular formula is C14H14ClN3O3. The molecule has 0 fully saturated rings. The number of para-hydroxylation sites is 1. The molecule has 0 saturated heterocycles. The summed E-state index contributed by atoms with van der Waals surface area (Å²) in [4.78, 5) is 26.9. The lowest BCUT2D eigenvalue weighted by Gasteiger charge is -2.14. The molecule has 0 bridgehead atoms. The molecule has 2 aromatic rings. The molecule has 0 unspecified atom stereocenters. The van der Waals surface area contributed by atoms with Crippen LogP contribution in [0.1, 0.15) is 31.2 Å². The number of hydrogen-bond acceptors (Lipinski definition) is 4. The fraction of sp³-hybridized carbons (Fsp3) is 0.286. The second kappa shape index (κ2) is 6.05. The van der Waals surface area contributed by atoms with Gasteiger partial charge in [0.2, 0.25) is 0 Å². The molecule has 0 N–H and O–H groups in total. The largest absolute Gasteiger partial charge is 0.292 e. The second-order valence-electron chi connectivity index (χ2n) is 4.90. The number of benzene rings is 1. The lowest BCUT2D eigenvalue weighted by molar-refractivity contribution is -0.385. The van der Waals surface area contributed by atoms with Crippen molar-refractivity contribution in [2.45, 2.75) is 26.3 Å². The van der Waals surface area contributed by atoms with Crippen LogP contribution in [0.5, 0.6) is 0 Å². The van der Waals surface area contributed by atoms with E-state index in [0.717, 1.165) is 0 Å². The highest BCUT2D eigenvalue weighted by Crippen LogP contribution is 2.20. The van der Waals surface area contributed by atoms with E-state index < -0.39 is 4.92 Å². The minimum atomic E-state index is -0.460. The summed E-state index contributed by atoms with van der Waals surface area (Å²) in [6.07, 6.45) is 0. The Balaban J connectivity index is 2.55. The van der Waals surface area contributed by atoms with Gasteiger partial charge in [-0.05, 0) is 0 Å². The predicted octanol–water partition coefficient (Wildman–Crippen LogP) is 2.98. The third kappa shape index (κ3) is 3.28. The molecule has 110 valence electrons. The molecule has 0 aliphatic carbocycles. The Morgan fingerprint density at radius 3 is 2.67 bits per heavy atom. The van der Waals surface area contributed by atoms with Crippen molar-refractivity contribution >= 4 is 17.3 Å². The second-order valence-corrected chi connectivity index (χ2v) is 5.29. The average molecular weight is 308 g/mol. The van der Waals surface area contributed by atoms with Crippen molar-refractivity contribution in [3.8, 4) is 0 Å². The van der Waals surface area contributed by atoms with Crippen LogP contribution < -0.4 is 5.56 Å². The maximum Gasteiger partial charge on any atom is 0.274 e. The summed E-state index contributed by atoms with van der Waals surface area (Å²) in [5.41, 5.74) is 0.113. The first-order valence-corrected chi connectivity index (χ1v) is 6.77. The van der Waals surface area contributed by atoms with Crippen molar-refractivity contribution < 1.29 is 4.92 Å². The van der Waals surface area contributed by atoms with Gasteiger partial charge >= 0.3 is 0 Å². The number of halogens is 1. The molecule has 0 amide bonds. The van der Waals surface area contributed by atoms with E-state index in [0.29, 0.717) is 11.4 Å². The zero-order valence-corrected chi connectivity index (χ0v) is 12.4. The molecule has 0 aliphatic rings. The van der Waals surface area contributed by atoms with Gasteiger partial charge in [-0.2, -0.15) is 0 Å². The Labute approximate surface area is 126 Å². The van der Waals surface area contributed by atoms with E-state index in [1.807, 2.05) is 13.8 Å². The Kier molecular flexibility index (Phi) is 4.37. The number of rotatable bonds is 4. The van der Waals surface area contributed by atoms with Gasteiger partial charge in [-0.3, -0.25) is 19.5 Å². The molecule has 0 radical (unpaired) electrons. The molecule has 0 aliphatic heterocycles. The first kappa shape index (κ1) is 15.2. The highest BCUT2D eigenvalue weighted by atomic mass is 35.5. The van der Waals surface area contributed by atoms with Crippen LogP contribution >= 0.6 is 11.6 Å². The van der Waals surface area contributed by atoms with Gasteiger partial charge in [0.25, 0.3) is 11.2 Å². The molecule has 0 spiro atoms. The Morgan fingerprint density at radius 1 is 1.38 bits per heavy atom. The Bertz CT molecular complexity index is 740. The van der Waals surface area contributed by atoms with Gasteiger partial charge in [-0.15, -0.1) is 0 Å². The topological polar surface area (TPSA) is 78.0 Å². The number of nitro groups is 1. The van der Waals surface area contributed by atoms with Gasteiger partial charge in [0, 0.05) is 23.6 Å². The van der Waals surface area contributed by atoms with E-state index >= 15 is 0 Å². The summed E-state index contributed by atoms with van der Waals surface area (Å²) >= 11 is 5.82. The van der Waals surface area contributed by atoms with Crippen LogP contribution in [0.25, 0.3) is 0 Å². The van der Waals surface area contributed by atoms with Gasteiger partial charge < -0.3 is 0 Å². The standard InChI is InChI=1S/C14H14ClN3O3/c1-9(2)14-16-12(15)7-13(19)17(14)8-10-5-3-4-6-11(10)18(20)21/h3-7,9H,8H2,1-2H3. The molecular weight excluding hydrogens is 294 g/mol. The molecule has 6 nitrogen and oxygen atoms in total. The molecule has 2 rings (SSSR count). The van der Waals surface area contributed by atoms with Crippen LogP contribution in [0.4, 0.5) is 5.69 Å². The third-order valence-corrected chi connectivity index (χ3v) is 3.23. The zero-order chi connectivity index (χ0) is 15.6. The number of nitrogens with zero attached hydrogens (tertiary/aromatic N) is 3. The fourth-order valence-electron chi connectivity index (χ4n) is 2.09. The highest BCUT2D eigenvalue weighted by Gasteiger charge is 2.17. The smallest absolute Gasteiger partial charge is 0.274 e. The maximum absolute atomic E-state index is 12.1. The first-order valence-electron chi connectivity index (χ1n) is 6.39. The van der Waals surface area contributed by atoms with E-state index in [4.69, 9.17) is 11.6 Å². The lowest BCUT2D eigenvalue weighted by atomic mass is 10.1. The lowest BCUT2D eigenvalue weighted by Crippen LogP contribution is -2.26. The quantitative estimate of drug-likeness (QED) is 0.494. The van der Waals surface area contributed by atoms with E-state index in [1.165, 1.54) is 16.7 Å². The molecule has 0 saturated carbocycles. The predicted molar refractivity (Wildman–Crippen MR) is 79.8 cm³/mol. The number of nitro benzene ring substituents is 1. The summed E-state index contributed by atoms with van der Waals surface area (Å²) in [7, 11) is 0. The monoisotopic (exact) mass is 307 g/mol. The van der Waals surface area contributed by atoms with Crippen LogP contribution in [-0.2, 0) is 6.54 Å². The summed E-state index contributed by atoms with van der Waals surface area (Å²) in [6.45, 7) is 3.86. The van der Waals surface area contributed by atoms with E-state index in [-0.39, 0.29) is 28.9 Å². The van der Waals surface area contributed by atoms with Crippen LogP contribution in [0.15, 0.2) is 35.1 Å². The summed E-state index contributed by atoms with van der Waals surface area (Å²) < 4.78 is 1.42. The van der Waals surface area contributed by atoms with Gasteiger partial charge in [-0.25, -0.2) is 4.98 Å². The van der Waals surface area contributed by atoms with Crippen molar-refractivity contribution in [2.24, 2.45) is 0 Å². The Hall–Kier alpha value is -2.21. The summed E-state index contributed by atoms with van der Waals surface area (Å²) in [5, 5.41) is 11.2. The molecule has 1 aromatic carbocycles. The minimum Gasteiger partial charge on any atom is -0.292 e. The van der Waals surface area contributed by atoms with Crippen molar-refractivity contribution in [3.05, 3.63) is 67.3 Å². The van der Waals surface area contributed by atoms with E-state index in [2.05, 4.69) is 4.98 Å². The number of aromatic nitrogens is 2. The van der Waals surface area contributed by atoms with E-state index in [9.17, 15) is 14.9 Å². The molecule has 0 atom stereocenters. The van der Waals surface area contributed by atoms with Gasteiger partial charge in [0.1, 0.15) is 11.0 Å². The van der Waals surface area contributed by atoms with Gasteiger partial charge in [0.15, 0.2) is 0 Å². The SMILES string of the molecule is CC(C)c1nc(Cl)cc(=O)n1Cc1ccccc1[N+](=O)[O-]. The zero-order valence-electron chi connectivity index (χ0n) is 11.6. The van der Waals surface area contributed by atoms with Crippen LogP contribution in [0.2, 0.25) is 5.15 Å². The van der Waals surface area contributed by atoms with Gasteiger partial charge in [0.05, 0.1) is 11.5 Å². The van der Waals surface area contributed by atoms with Gasteiger partial charge in [-0.1, -0.05) is 43.6 Å². The van der Waals surface area contributed by atoms with Crippen LogP contribution in [0, 0.1) is 10.1 Å². The van der Waals surface area contributed by atoms with Crippen LogP contribution in [0.3, 0.4) is 0 Å². The molecule has 1 heterocycles. The normalized spacial score (nSPS) is 10.9. The summed E-state index contributed by atoms with van der Waals surface area (Å²) in [5.74, 6) is 0.477. The van der Waals surface area contributed by atoms with Crippen LogP contribution in [-0.4, -0.2) is 14.5 Å². The fourth-order valence-corrected chi connectivity index (χ4v) is 2.27. The first-order chi connectivity index (χ1) is 9.90. The van der Waals surface area contributed by atoms with Crippen molar-refractivity contribution in [1.82, 2.24) is 9.55 Å². The molecule has 1 aromatic heterocycles. The van der Waals surface area contributed by atoms with Crippen molar-refractivity contribution in [3.63, 3.8) is 0 Å². The van der Waals surface area contributed by atoms with Crippen molar-refractivity contribution in [1.29, 1.82) is 0 Å². The average Bonchev–Trinajstić information content (AvgIpc) is 2.41. The van der Waals surface area contributed by atoms with Crippen molar-refractivity contribution in [2.75, 3.05) is 0 Å².